The maximum absolute atomic E-state index is 13.0. The van der Waals surface area contributed by atoms with Crippen LogP contribution in [0.1, 0.15) is 11.1 Å². The van der Waals surface area contributed by atoms with Gasteiger partial charge in [0.15, 0.2) is 0 Å². The average molecular weight is 368 g/mol. The zero-order chi connectivity index (χ0) is 18.5. The van der Waals surface area contributed by atoms with E-state index in [-0.39, 0.29) is 22.9 Å². The van der Waals surface area contributed by atoms with Crippen LogP contribution in [0.5, 0.6) is 0 Å². The standard InChI is InChI=1S/C20H17FN2O2S/c1-2-13-4-3-5-16(10-13)22-19(24)17-12-26-18(20(25)23-17)11-14-6-8-15(21)9-7-14/h1,3-10,17-18H,11-12H2,(H,22,24)(H,23,25)/t17-,18+/m1/s1. The molecule has 2 atom stereocenters. The highest BCUT2D eigenvalue weighted by atomic mass is 32.2. The summed E-state index contributed by atoms with van der Waals surface area (Å²) in [6.45, 7) is 0. The average Bonchev–Trinajstić information content (AvgIpc) is 2.65. The van der Waals surface area contributed by atoms with Crippen molar-refractivity contribution in [2.24, 2.45) is 0 Å². The molecule has 2 aromatic carbocycles. The number of rotatable bonds is 4. The van der Waals surface area contributed by atoms with Crippen molar-refractivity contribution in [3.63, 3.8) is 0 Å². The summed E-state index contributed by atoms with van der Waals surface area (Å²) in [5, 5.41) is 5.24. The topological polar surface area (TPSA) is 58.2 Å². The molecule has 0 unspecified atom stereocenters. The number of benzene rings is 2. The number of anilines is 1. The van der Waals surface area contributed by atoms with Crippen LogP contribution in [0.2, 0.25) is 0 Å². The van der Waals surface area contributed by atoms with Crippen LogP contribution in [-0.4, -0.2) is 28.9 Å². The molecule has 1 fully saturated rings. The third-order valence-corrected chi connectivity index (χ3v) is 5.33. The highest BCUT2D eigenvalue weighted by Gasteiger charge is 2.32. The van der Waals surface area contributed by atoms with Crippen LogP contribution in [0, 0.1) is 18.2 Å². The lowest BCUT2D eigenvalue weighted by Crippen LogP contribution is -2.52. The molecular formula is C20H17FN2O2S. The monoisotopic (exact) mass is 368 g/mol. The van der Waals surface area contributed by atoms with E-state index in [1.807, 2.05) is 0 Å². The Morgan fingerprint density at radius 1 is 1.31 bits per heavy atom. The highest BCUT2D eigenvalue weighted by molar-refractivity contribution is 8.00. The number of thioether (sulfide) groups is 1. The third-order valence-electron chi connectivity index (χ3n) is 4.02. The van der Waals surface area contributed by atoms with E-state index in [2.05, 4.69) is 16.6 Å². The van der Waals surface area contributed by atoms with E-state index >= 15 is 0 Å². The molecule has 0 aromatic heterocycles. The predicted molar refractivity (Wildman–Crippen MR) is 101 cm³/mol. The van der Waals surface area contributed by atoms with Crippen LogP contribution < -0.4 is 10.6 Å². The summed E-state index contributed by atoms with van der Waals surface area (Å²) in [6, 6.07) is 12.5. The van der Waals surface area contributed by atoms with Crippen molar-refractivity contribution in [3.05, 3.63) is 65.5 Å². The van der Waals surface area contributed by atoms with Crippen LogP contribution in [0.25, 0.3) is 0 Å². The number of carbonyl (C=O) groups excluding carboxylic acids is 2. The van der Waals surface area contributed by atoms with Gasteiger partial charge in [-0.15, -0.1) is 18.2 Å². The minimum absolute atomic E-state index is 0.192. The van der Waals surface area contributed by atoms with E-state index in [1.165, 1.54) is 23.9 Å². The van der Waals surface area contributed by atoms with Gasteiger partial charge in [-0.3, -0.25) is 9.59 Å². The van der Waals surface area contributed by atoms with Gasteiger partial charge in [0.05, 0.1) is 5.25 Å². The second-order valence-electron chi connectivity index (χ2n) is 5.93. The fourth-order valence-electron chi connectivity index (χ4n) is 2.64. The Morgan fingerprint density at radius 2 is 2.08 bits per heavy atom. The number of terminal acetylenes is 1. The molecule has 1 aliphatic rings. The zero-order valence-corrected chi connectivity index (χ0v) is 14.7. The number of hydrogen-bond acceptors (Lipinski definition) is 3. The lowest BCUT2D eigenvalue weighted by Gasteiger charge is -2.28. The van der Waals surface area contributed by atoms with E-state index in [4.69, 9.17) is 6.42 Å². The maximum Gasteiger partial charge on any atom is 0.247 e. The fourth-order valence-corrected chi connectivity index (χ4v) is 3.83. The van der Waals surface area contributed by atoms with Crippen LogP contribution in [0.15, 0.2) is 48.5 Å². The molecule has 0 aliphatic carbocycles. The zero-order valence-electron chi connectivity index (χ0n) is 13.9. The third kappa shape index (κ3) is 4.44. The first-order valence-corrected chi connectivity index (χ1v) is 9.14. The van der Waals surface area contributed by atoms with Gasteiger partial charge in [-0.2, -0.15) is 0 Å². The summed E-state index contributed by atoms with van der Waals surface area (Å²) in [6.07, 6.45) is 5.85. The van der Waals surface area contributed by atoms with Gasteiger partial charge in [0.2, 0.25) is 11.8 Å². The van der Waals surface area contributed by atoms with Crippen molar-refractivity contribution >= 4 is 29.3 Å². The number of halogens is 1. The van der Waals surface area contributed by atoms with Crippen molar-refractivity contribution in [1.82, 2.24) is 5.32 Å². The molecule has 0 saturated carbocycles. The van der Waals surface area contributed by atoms with Crippen molar-refractivity contribution in [2.45, 2.75) is 17.7 Å². The molecule has 132 valence electrons. The van der Waals surface area contributed by atoms with E-state index in [9.17, 15) is 14.0 Å². The lowest BCUT2D eigenvalue weighted by molar-refractivity contribution is -0.126. The summed E-state index contributed by atoms with van der Waals surface area (Å²) in [5.74, 6) is 2.21. The molecule has 2 aromatic rings. The highest BCUT2D eigenvalue weighted by Crippen LogP contribution is 2.23. The Balaban J connectivity index is 1.57. The molecule has 4 nitrogen and oxygen atoms in total. The fraction of sp³-hybridized carbons (Fsp3) is 0.200. The van der Waals surface area contributed by atoms with Gasteiger partial charge >= 0.3 is 0 Å². The summed E-state index contributed by atoms with van der Waals surface area (Å²) >= 11 is 1.43. The van der Waals surface area contributed by atoms with Gasteiger partial charge < -0.3 is 10.6 Å². The van der Waals surface area contributed by atoms with Crippen molar-refractivity contribution in [3.8, 4) is 12.3 Å². The maximum atomic E-state index is 13.0. The quantitative estimate of drug-likeness (QED) is 0.816. The van der Waals surface area contributed by atoms with Gasteiger partial charge in [0.1, 0.15) is 11.9 Å². The van der Waals surface area contributed by atoms with Crippen LogP contribution >= 0.6 is 11.8 Å². The van der Waals surface area contributed by atoms with E-state index in [0.29, 0.717) is 23.4 Å². The summed E-state index contributed by atoms with van der Waals surface area (Å²) in [4.78, 5) is 24.7. The van der Waals surface area contributed by atoms with Gasteiger partial charge in [-0.1, -0.05) is 24.1 Å². The summed E-state index contributed by atoms with van der Waals surface area (Å²) in [7, 11) is 0. The van der Waals surface area contributed by atoms with Crippen molar-refractivity contribution < 1.29 is 14.0 Å². The van der Waals surface area contributed by atoms with Crippen LogP contribution in [-0.2, 0) is 16.0 Å². The molecule has 2 amide bonds. The first-order valence-electron chi connectivity index (χ1n) is 8.09. The van der Waals surface area contributed by atoms with Gasteiger partial charge in [-0.05, 0) is 42.3 Å². The van der Waals surface area contributed by atoms with E-state index < -0.39 is 6.04 Å². The smallest absolute Gasteiger partial charge is 0.247 e. The second kappa shape index (κ2) is 8.07. The number of amides is 2. The molecule has 1 aliphatic heterocycles. The first kappa shape index (κ1) is 18.0. The Kier molecular flexibility index (Phi) is 5.59. The molecule has 3 rings (SSSR count). The van der Waals surface area contributed by atoms with Crippen LogP contribution in [0.3, 0.4) is 0 Å². The Morgan fingerprint density at radius 3 is 2.77 bits per heavy atom. The molecule has 0 bridgehead atoms. The first-order chi connectivity index (χ1) is 12.5. The lowest BCUT2D eigenvalue weighted by atomic mass is 10.1. The van der Waals surface area contributed by atoms with Crippen molar-refractivity contribution in [2.75, 3.05) is 11.1 Å². The number of hydrogen-bond donors (Lipinski definition) is 2. The molecule has 6 heteroatoms. The van der Waals surface area contributed by atoms with Gasteiger partial charge in [0, 0.05) is 17.0 Å². The predicted octanol–water partition coefficient (Wildman–Crippen LogP) is 2.59. The molecule has 0 radical (unpaired) electrons. The molecule has 26 heavy (non-hydrogen) atoms. The van der Waals surface area contributed by atoms with Crippen LogP contribution in [0.4, 0.5) is 10.1 Å². The Hall–Kier alpha value is -2.78. The SMILES string of the molecule is C#Cc1cccc(NC(=O)[C@H]2CS[C@@H](Cc3ccc(F)cc3)C(=O)N2)c1. The van der Waals surface area contributed by atoms with E-state index in [0.717, 1.165) is 5.56 Å². The van der Waals surface area contributed by atoms with Crippen molar-refractivity contribution in [1.29, 1.82) is 0 Å². The van der Waals surface area contributed by atoms with E-state index in [1.54, 1.807) is 36.4 Å². The van der Waals surface area contributed by atoms with Gasteiger partial charge in [-0.25, -0.2) is 4.39 Å². The molecular weight excluding hydrogens is 351 g/mol. The summed E-state index contributed by atoms with van der Waals surface area (Å²) < 4.78 is 13.0. The molecule has 1 heterocycles. The molecule has 1 saturated heterocycles. The number of carbonyl (C=O) groups is 2. The largest absolute Gasteiger partial charge is 0.343 e. The van der Waals surface area contributed by atoms with Gasteiger partial charge in [0.25, 0.3) is 0 Å². The minimum atomic E-state index is -0.605. The Labute approximate surface area is 155 Å². The summed E-state index contributed by atoms with van der Waals surface area (Å²) in [5.41, 5.74) is 2.15. The molecule has 0 spiro atoms. The normalized spacial score (nSPS) is 19.3. The molecule has 2 N–H and O–H groups in total. The minimum Gasteiger partial charge on any atom is -0.343 e. The number of nitrogens with one attached hydrogen (secondary N) is 2. The second-order valence-corrected chi connectivity index (χ2v) is 7.16. The Bertz CT molecular complexity index is 861.